The minimum Gasteiger partial charge on any atom is -0.478 e. The molecule has 0 saturated heterocycles. The highest BCUT2D eigenvalue weighted by molar-refractivity contribution is 5.75. The van der Waals surface area contributed by atoms with E-state index in [2.05, 4.69) is 18.8 Å². The Kier molecular flexibility index (Phi) is 8.17. The average Bonchev–Trinajstić information content (AvgIpc) is 2.74. The number of carbonyl (C=O) groups is 1. The van der Waals surface area contributed by atoms with E-state index < -0.39 is 0 Å². The van der Waals surface area contributed by atoms with Crippen LogP contribution < -0.4 is 9.47 Å². The van der Waals surface area contributed by atoms with Gasteiger partial charge < -0.3 is 9.47 Å². The van der Waals surface area contributed by atoms with Gasteiger partial charge in [0.25, 0.3) is 0 Å². The summed E-state index contributed by atoms with van der Waals surface area (Å²) in [7, 11) is 0. The maximum atomic E-state index is 12.5. The second kappa shape index (κ2) is 10.8. The van der Waals surface area contributed by atoms with Crippen LogP contribution in [0.25, 0.3) is 0 Å². The Morgan fingerprint density at radius 1 is 0.964 bits per heavy atom. The third-order valence-corrected chi connectivity index (χ3v) is 6.74. The normalized spacial score (nSPS) is 27.9. The van der Waals surface area contributed by atoms with E-state index in [9.17, 15) is 4.79 Å². The molecule has 2 aliphatic rings. The van der Waals surface area contributed by atoms with Gasteiger partial charge >= 0.3 is 5.97 Å². The standard InChI is InChI=1S/C24H37NO3/c1-3-5-18-6-8-19(9-7-18)20-10-12-21(13-11-20)24(26)28-22-14-15-23(25-17-22)27-16-4-2/h14-15,17-21H,3-13,16H2,1-2H3. The van der Waals surface area contributed by atoms with Gasteiger partial charge in [-0.2, -0.15) is 0 Å². The first kappa shape index (κ1) is 21.1. The van der Waals surface area contributed by atoms with Crippen LogP contribution >= 0.6 is 0 Å². The van der Waals surface area contributed by atoms with Gasteiger partial charge in [-0.25, -0.2) is 4.98 Å². The highest BCUT2D eigenvalue weighted by atomic mass is 16.5. The number of esters is 1. The topological polar surface area (TPSA) is 48.4 Å². The van der Waals surface area contributed by atoms with E-state index in [4.69, 9.17) is 9.47 Å². The molecule has 156 valence electrons. The molecular weight excluding hydrogens is 350 g/mol. The first-order valence-electron chi connectivity index (χ1n) is 11.5. The molecule has 2 fully saturated rings. The molecule has 0 N–H and O–H groups in total. The van der Waals surface area contributed by atoms with Crippen molar-refractivity contribution in [2.75, 3.05) is 6.61 Å². The molecule has 28 heavy (non-hydrogen) atoms. The molecule has 1 aromatic rings. The number of nitrogens with zero attached hydrogens (tertiary/aromatic N) is 1. The number of pyridine rings is 1. The zero-order chi connectivity index (χ0) is 19.8. The van der Waals surface area contributed by atoms with E-state index in [1.165, 1.54) is 51.4 Å². The largest absolute Gasteiger partial charge is 0.478 e. The van der Waals surface area contributed by atoms with Crippen molar-refractivity contribution in [3.8, 4) is 11.6 Å². The fourth-order valence-corrected chi connectivity index (χ4v) is 5.10. The molecule has 0 aliphatic heterocycles. The molecule has 3 rings (SSSR count). The third kappa shape index (κ3) is 5.96. The molecule has 2 saturated carbocycles. The second-order valence-electron chi connectivity index (χ2n) is 8.78. The van der Waals surface area contributed by atoms with Crippen molar-refractivity contribution in [2.24, 2.45) is 23.7 Å². The van der Waals surface area contributed by atoms with Crippen LogP contribution in [0.3, 0.4) is 0 Å². The van der Waals surface area contributed by atoms with Crippen molar-refractivity contribution in [1.29, 1.82) is 0 Å². The van der Waals surface area contributed by atoms with E-state index in [1.54, 1.807) is 18.3 Å². The molecule has 0 aromatic carbocycles. The van der Waals surface area contributed by atoms with Crippen LogP contribution in [0.5, 0.6) is 11.6 Å². The summed E-state index contributed by atoms with van der Waals surface area (Å²) in [6.07, 6.45) is 15.2. The summed E-state index contributed by atoms with van der Waals surface area (Å²) < 4.78 is 11.0. The van der Waals surface area contributed by atoms with E-state index in [1.807, 2.05) is 0 Å². The maximum Gasteiger partial charge on any atom is 0.314 e. The Labute approximate surface area is 170 Å². The summed E-state index contributed by atoms with van der Waals surface area (Å²) in [5.74, 6) is 3.74. The Hall–Kier alpha value is -1.58. The van der Waals surface area contributed by atoms with Gasteiger partial charge in [0.05, 0.1) is 18.7 Å². The van der Waals surface area contributed by atoms with Gasteiger partial charge in [0.2, 0.25) is 5.88 Å². The molecule has 2 aliphatic carbocycles. The van der Waals surface area contributed by atoms with E-state index >= 15 is 0 Å². The molecule has 0 bridgehead atoms. The van der Waals surface area contributed by atoms with Crippen LogP contribution in [0, 0.1) is 23.7 Å². The van der Waals surface area contributed by atoms with Crippen molar-refractivity contribution >= 4 is 5.97 Å². The first-order valence-corrected chi connectivity index (χ1v) is 11.5. The number of carbonyl (C=O) groups excluding carboxylic acids is 1. The number of ether oxygens (including phenoxy) is 2. The molecule has 0 amide bonds. The Balaban J connectivity index is 1.40. The van der Waals surface area contributed by atoms with Crippen LogP contribution in [-0.4, -0.2) is 17.6 Å². The number of rotatable bonds is 8. The van der Waals surface area contributed by atoms with Crippen molar-refractivity contribution in [3.05, 3.63) is 18.3 Å². The molecule has 0 unspecified atom stereocenters. The summed E-state index contributed by atoms with van der Waals surface area (Å²) in [5.41, 5.74) is 0. The average molecular weight is 388 g/mol. The Morgan fingerprint density at radius 3 is 2.21 bits per heavy atom. The van der Waals surface area contributed by atoms with Crippen LogP contribution in [0.2, 0.25) is 0 Å². The lowest BCUT2D eigenvalue weighted by atomic mass is 9.69. The zero-order valence-electron chi connectivity index (χ0n) is 17.7. The van der Waals surface area contributed by atoms with Crippen LogP contribution in [0.1, 0.15) is 84.5 Å². The number of hydrogen-bond acceptors (Lipinski definition) is 4. The van der Waals surface area contributed by atoms with Gasteiger partial charge in [-0.05, 0) is 68.8 Å². The quantitative estimate of drug-likeness (QED) is 0.499. The fraction of sp³-hybridized carbons (Fsp3) is 0.750. The summed E-state index contributed by atoms with van der Waals surface area (Å²) in [5, 5.41) is 0. The zero-order valence-corrected chi connectivity index (χ0v) is 17.7. The van der Waals surface area contributed by atoms with Crippen molar-refractivity contribution in [2.45, 2.75) is 84.5 Å². The lowest BCUT2D eigenvalue weighted by Crippen LogP contribution is -2.30. The smallest absolute Gasteiger partial charge is 0.314 e. The number of hydrogen-bond donors (Lipinski definition) is 0. The van der Waals surface area contributed by atoms with E-state index in [-0.39, 0.29) is 11.9 Å². The minimum absolute atomic E-state index is 0.0451. The molecular formula is C24H37NO3. The molecule has 4 nitrogen and oxygen atoms in total. The molecule has 0 atom stereocenters. The predicted molar refractivity (Wildman–Crippen MR) is 111 cm³/mol. The molecule has 1 aromatic heterocycles. The van der Waals surface area contributed by atoms with Gasteiger partial charge in [0.15, 0.2) is 0 Å². The highest BCUT2D eigenvalue weighted by Crippen LogP contribution is 2.42. The minimum atomic E-state index is -0.0888. The third-order valence-electron chi connectivity index (χ3n) is 6.74. The van der Waals surface area contributed by atoms with Crippen molar-refractivity contribution in [1.82, 2.24) is 4.98 Å². The lowest BCUT2D eigenvalue weighted by molar-refractivity contribution is -0.140. The second-order valence-corrected chi connectivity index (χ2v) is 8.78. The van der Waals surface area contributed by atoms with Gasteiger partial charge in [0.1, 0.15) is 5.75 Å². The molecule has 4 heteroatoms. The molecule has 0 spiro atoms. The summed E-state index contributed by atoms with van der Waals surface area (Å²) >= 11 is 0. The Morgan fingerprint density at radius 2 is 1.64 bits per heavy atom. The monoisotopic (exact) mass is 387 g/mol. The first-order chi connectivity index (χ1) is 13.7. The van der Waals surface area contributed by atoms with Gasteiger partial charge in [-0.1, -0.05) is 39.5 Å². The van der Waals surface area contributed by atoms with E-state index in [0.717, 1.165) is 37.0 Å². The van der Waals surface area contributed by atoms with Gasteiger partial charge in [-0.15, -0.1) is 0 Å². The lowest BCUT2D eigenvalue weighted by Gasteiger charge is -2.37. The number of aromatic nitrogens is 1. The summed E-state index contributed by atoms with van der Waals surface area (Å²) in [6, 6.07) is 3.54. The van der Waals surface area contributed by atoms with Gasteiger partial charge in [0, 0.05) is 6.07 Å². The van der Waals surface area contributed by atoms with Crippen LogP contribution in [-0.2, 0) is 4.79 Å². The maximum absolute atomic E-state index is 12.5. The van der Waals surface area contributed by atoms with Crippen molar-refractivity contribution < 1.29 is 14.3 Å². The Bertz CT molecular complexity index is 584. The van der Waals surface area contributed by atoms with Crippen LogP contribution in [0.4, 0.5) is 0 Å². The highest BCUT2D eigenvalue weighted by Gasteiger charge is 2.33. The van der Waals surface area contributed by atoms with Crippen molar-refractivity contribution in [3.63, 3.8) is 0 Å². The molecule has 0 radical (unpaired) electrons. The molecule has 1 heterocycles. The predicted octanol–water partition coefficient (Wildman–Crippen LogP) is 6.19. The summed E-state index contributed by atoms with van der Waals surface area (Å²) in [6.45, 7) is 5.01. The van der Waals surface area contributed by atoms with Gasteiger partial charge in [-0.3, -0.25) is 4.79 Å². The van der Waals surface area contributed by atoms with E-state index in [0.29, 0.717) is 18.2 Å². The fourth-order valence-electron chi connectivity index (χ4n) is 5.10. The van der Waals surface area contributed by atoms with Crippen LogP contribution in [0.15, 0.2) is 18.3 Å². The SMILES string of the molecule is CCCOc1ccc(OC(=O)C2CCC(C3CCC(CCC)CC3)CC2)cn1. The summed E-state index contributed by atoms with van der Waals surface area (Å²) in [4.78, 5) is 16.7.